The summed E-state index contributed by atoms with van der Waals surface area (Å²) in [6.07, 6.45) is 46.2. The number of hydrogen-bond donors (Lipinski definition) is 2. The van der Waals surface area contributed by atoms with Crippen LogP contribution < -0.4 is 5.73 Å². The van der Waals surface area contributed by atoms with Gasteiger partial charge in [-0.15, -0.1) is 0 Å². The lowest BCUT2D eigenvalue weighted by atomic mass is 10.0. The van der Waals surface area contributed by atoms with Gasteiger partial charge in [-0.1, -0.05) is 179 Å². The van der Waals surface area contributed by atoms with E-state index < -0.39 is 32.5 Å². The van der Waals surface area contributed by atoms with Crippen molar-refractivity contribution in [2.45, 2.75) is 225 Å². The van der Waals surface area contributed by atoms with Gasteiger partial charge >= 0.3 is 19.8 Å². The number of nitrogens with two attached hydrogens (primary N) is 1. The van der Waals surface area contributed by atoms with E-state index in [1.807, 2.05) is 0 Å². The van der Waals surface area contributed by atoms with Crippen molar-refractivity contribution in [2.75, 3.05) is 26.4 Å². The fourth-order valence-corrected chi connectivity index (χ4v) is 7.61. The van der Waals surface area contributed by atoms with Crippen molar-refractivity contribution in [3.8, 4) is 0 Å². The van der Waals surface area contributed by atoms with Crippen LogP contribution in [0.4, 0.5) is 0 Å². The molecule has 0 amide bonds. The van der Waals surface area contributed by atoms with Gasteiger partial charge in [0.2, 0.25) is 0 Å². The summed E-state index contributed by atoms with van der Waals surface area (Å²) in [5.74, 6) is -0.898. The summed E-state index contributed by atoms with van der Waals surface area (Å²) >= 11 is 0. The Bertz CT molecular complexity index is 1110. The molecule has 1 aliphatic heterocycles. The van der Waals surface area contributed by atoms with E-state index in [1.165, 1.54) is 122 Å². The van der Waals surface area contributed by atoms with Crippen LogP contribution in [0.5, 0.6) is 0 Å². The third kappa shape index (κ3) is 36.1. The maximum absolute atomic E-state index is 12.7. The van der Waals surface area contributed by atoms with Gasteiger partial charge in [0.1, 0.15) is 6.61 Å². The van der Waals surface area contributed by atoms with Crippen LogP contribution in [0.2, 0.25) is 0 Å². The van der Waals surface area contributed by atoms with E-state index in [1.54, 1.807) is 0 Å². The summed E-state index contributed by atoms with van der Waals surface area (Å²) in [5.41, 5.74) is 5.36. The molecule has 0 aromatic rings. The smallest absolute Gasteiger partial charge is 0.462 e. The number of allylic oxidation sites excluding steroid dienone is 5. The van der Waals surface area contributed by atoms with Crippen molar-refractivity contribution in [3.05, 3.63) is 36.5 Å². The molecule has 1 aliphatic rings. The number of carbonyl (C=O) groups is 2. The summed E-state index contributed by atoms with van der Waals surface area (Å²) in [5, 5.41) is 0. The Hall–Kier alpha value is -1.81. The van der Waals surface area contributed by atoms with Crippen LogP contribution in [0.1, 0.15) is 206 Å². The Morgan fingerprint density at radius 3 is 1.69 bits per heavy atom. The molecule has 58 heavy (non-hydrogen) atoms. The summed E-state index contributed by atoms with van der Waals surface area (Å²) in [4.78, 5) is 35.1. The number of carbonyl (C=O) groups excluding carboxylic acids is 2. The summed E-state index contributed by atoms with van der Waals surface area (Å²) in [6, 6.07) is 0. The predicted molar refractivity (Wildman–Crippen MR) is 238 cm³/mol. The van der Waals surface area contributed by atoms with Gasteiger partial charge in [0.05, 0.1) is 25.4 Å². The van der Waals surface area contributed by atoms with E-state index >= 15 is 0 Å². The Kier molecular flexibility index (Phi) is 36.8. The van der Waals surface area contributed by atoms with E-state index in [0.717, 1.165) is 51.4 Å². The van der Waals surface area contributed by atoms with E-state index in [0.29, 0.717) is 6.42 Å². The van der Waals surface area contributed by atoms with Crippen LogP contribution in [-0.4, -0.2) is 61.5 Å². The van der Waals surface area contributed by atoms with Gasteiger partial charge in [0, 0.05) is 19.4 Å². The molecule has 11 heteroatoms. The standard InChI is InChI=1S/C47H86NO9P/c1-3-5-7-9-11-13-15-17-18-19-20-21-22-23-25-27-29-31-33-37-46(49)53-41-43(42-55-58(51,52)54-40-39-48)56-47(50)38-34-36-45-44(57-45)35-32-30-28-26-24-16-14-12-10-8-6-4-2/h12,14,24,26,30,32,43-45H,3-11,13,15-23,25,27-29,31,33-42,48H2,1-2H3,(H,51,52)/b14-12-,26-24-,32-30-/t43-,44?,45?/m1/s1. The number of unbranched alkanes of at least 4 members (excludes halogenated alkanes) is 21. The minimum absolute atomic E-state index is 0.0416. The number of hydrogen-bond acceptors (Lipinski definition) is 9. The summed E-state index contributed by atoms with van der Waals surface area (Å²) in [6.45, 7) is 3.64. The van der Waals surface area contributed by atoms with Crippen molar-refractivity contribution in [2.24, 2.45) is 5.73 Å². The quantitative estimate of drug-likeness (QED) is 0.0200. The third-order valence-electron chi connectivity index (χ3n) is 10.5. The molecule has 0 radical (unpaired) electrons. The van der Waals surface area contributed by atoms with E-state index in [-0.39, 0.29) is 44.8 Å². The molecular formula is C47H86NO9P. The molecule has 0 aromatic heterocycles. The van der Waals surface area contributed by atoms with Gasteiger partial charge in [-0.25, -0.2) is 4.57 Å². The molecule has 0 spiro atoms. The number of phosphoric ester groups is 1. The van der Waals surface area contributed by atoms with Gasteiger partial charge in [0.25, 0.3) is 0 Å². The van der Waals surface area contributed by atoms with Crippen molar-refractivity contribution >= 4 is 19.8 Å². The van der Waals surface area contributed by atoms with Crippen LogP contribution in [0, 0.1) is 0 Å². The second-order valence-electron chi connectivity index (χ2n) is 16.0. The highest BCUT2D eigenvalue weighted by atomic mass is 31.2. The van der Waals surface area contributed by atoms with Crippen LogP contribution in [0.15, 0.2) is 36.5 Å². The van der Waals surface area contributed by atoms with Crippen molar-refractivity contribution in [1.82, 2.24) is 0 Å². The predicted octanol–water partition coefficient (Wildman–Crippen LogP) is 12.7. The molecule has 0 saturated carbocycles. The van der Waals surface area contributed by atoms with Crippen LogP contribution >= 0.6 is 7.82 Å². The Balaban J connectivity index is 2.18. The number of esters is 2. The summed E-state index contributed by atoms with van der Waals surface area (Å²) in [7, 11) is -4.40. The van der Waals surface area contributed by atoms with Crippen molar-refractivity contribution < 1.29 is 42.3 Å². The van der Waals surface area contributed by atoms with Gasteiger partial charge in [-0.2, -0.15) is 0 Å². The lowest BCUT2D eigenvalue weighted by Gasteiger charge is -2.19. The van der Waals surface area contributed by atoms with E-state index in [9.17, 15) is 19.0 Å². The van der Waals surface area contributed by atoms with E-state index in [4.69, 9.17) is 29.0 Å². The number of ether oxygens (including phenoxy) is 3. The van der Waals surface area contributed by atoms with Crippen molar-refractivity contribution in [1.29, 1.82) is 0 Å². The topological polar surface area (TPSA) is 147 Å². The molecule has 1 fully saturated rings. The molecule has 4 atom stereocenters. The average Bonchev–Trinajstić information content (AvgIpc) is 3.97. The highest BCUT2D eigenvalue weighted by Gasteiger charge is 2.37. The molecule has 10 nitrogen and oxygen atoms in total. The van der Waals surface area contributed by atoms with Gasteiger partial charge in [0.15, 0.2) is 6.10 Å². The van der Waals surface area contributed by atoms with Crippen LogP contribution in [0.25, 0.3) is 0 Å². The van der Waals surface area contributed by atoms with Crippen LogP contribution in [0.3, 0.4) is 0 Å². The maximum Gasteiger partial charge on any atom is 0.472 e. The highest BCUT2D eigenvalue weighted by Crippen LogP contribution is 2.43. The maximum atomic E-state index is 12.7. The number of phosphoric acid groups is 1. The molecule has 0 aromatic carbocycles. The molecule has 1 heterocycles. The molecule has 3 N–H and O–H groups in total. The molecular weight excluding hydrogens is 753 g/mol. The zero-order valence-corrected chi connectivity index (χ0v) is 37.9. The Morgan fingerprint density at radius 1 is 0.621 bits per heavy atom. The van der Waals surface area contributed by atoms with Crippen LogP contribution in [-0.2, 0) is 37.4 Å². The Morgan fingerprint density at radius 2 is 1.12 bits per heavy atom. The number of epoxide rings is 1. The zero-order chi connectivity index (χ0) is 42.2. The monoisotopic (exact) mass is 840 g/mol. The Labute approximate surface area is 354 Å². The largest absolute Gasteiger partial charge is 0.472 e. The van der Waals surface area contributed by atoms with Gasteiger partial charge < -0.3 is 24.8 Å². The van der Waals surface area contributed by atoms with E-state index in [2.05, 4.69) is 50.3 Å². The first-order valence-electron chi connectivity index (χ1n) is 23.6. The third-order valence-corrected chi connectivity index (χ3v) is 11.4. The first-order chi connectivity index (χ1) is 28.3. The average molecular weight is 840 g/mol. The molecule has 3 unspecified atom stereocenters. The van der Waals surface area contributed by atoms with Gasteiger partial charge in [-0.05, 0) is 51.4 Å². The second-order valence-corrected chi connectivity index (χ2v) is 17.5. The molecule has 1 rings (SSSR count). The fraction of sp³-hybridized carbons (Fsp3) is 0.830. The highest BCUT2D eigenvalue weighted by molar-refractivity contribution is 7.47. The lowest BCUT2D eigenvalue weighted by Crippen LogP contribution is -2.29. The molecule has 0 bridgehead atoms. The first-order valence-corrected chi connectivity index (χ1v) is 25.1. The zero-order valence-electron chi connectivity index (χ0n) is 37.0. The molecule has 1 saturated heterocycles. The molecule has 0 aliphatic carbocycles. The first kappa shape index (κ1) is 54.2. The lowest BCUT2D eigenvalue weighted by molar-refractivity contribution is -0.161. The normalized spacial score (nSPS) is 17.0. The molecule has 338 valence electrons. The fourth-order valence-electron chi connectivity index (χ4n) is 6.84. The second kappa shape index (κ2) is 39.3. The van der Waals surface area contributed by atoms with Crippen molar-refractivity contribution in [3.63, 3.8) is 0 Å². The van der Waals surface area contributed by atoms with Gasteiger partial charge in [-0.3, -0.25) is 18.6 Å². The summed E-state index contributed by atoms with van der Waals surface area (Å²) < 4.78 is 38.6. The minimum atomic E-state index is -4.40. The number of rotatable bonds is 43. The SMILES string of the molecule is CCCCC/C=C\C/C=C\C/C=C\CC1OC1CCCC(=O)O[C@H](COC(=O)CCCCCCCCCCCCCCCCCCCCC)COP(=O)(O)OCCN. The minimum Gasteiger partial charge on any atom is -0.462 e.